The van der Waals surface area contributed by atoms with Gasteiger partial charge in [0.05, 0.1) is 0 Å². The summed E-state index contributed by atoms with van der Waals surface area (Å²) in [5, 5.41) is 3.74. The minimum Gasteiger partial charge on any atom is -0.311 e. The number of benzene rings is 1. The summed E-state index contributed by atoms with van der Waals surface area (Å²) in [5.41, 5.74) is 1.08. The lowest BCUT2D eigenvalue weighted by molar-refractivity contribution is 0.324. The van der Waals surface area contributed by atoms with Crippen molar-refractivity contribution in [3.63, 3.8) is 0 Å². The standard InChI is InChI=1S/C17H26FN/c1-4-15-8-9-17(13(15)3)19-12(2)10-14-6-5-7-16(18)11-14/h5-7,11-13,15,17,19H,4,8-10H2,1-3H3. The van der Waals surface area contributed by atoms with Crippen LogP contribution in [0.1, 0.15) is 45.6 Å². The van der Waals surface area contributed by atoms with Crippen LogP contribution in [0.3, 0.4) is 0 Å². The Morgan fingerprint density at radius 2 is 2.16 bits per heavy atom. The van der Waals surface area contributed by atoms with Crippen LogP contribution in [-0.4, -0.2) is 12.1 Å². The summed E-state index contributed by atoms with van der Waals surface area (Å²) in [7, 11) is 0. The molecule has 0 aromatic heterocycles. The first-order valence-corrected chi connectivity index (χ1v) is 7.60. The molecule has 1 aromatic carbocycles. The fraction of sp³-hybridized carbons (Fsp3) is 0.647. The Labute approximate surface area is 116 Å². The maximum Gasteiger partial charge on any atom is 0.123 e. The average molecular weight is 263 g/mol. The zero-order chi connectivity index (χ0) is 13.8. The van der Waals surface area contributed by atoms with Crippen LogP contribution in [0.5, 0.6) is 0 Å². The third kappa shape index (κ3) is 3.79. The van der Waals surface area contributed by atoms with Gasteiger partial charge in [-0.05, 0) is 55.7 Å². The Morgan fingerprint density at radius 1 is 1.37 bits per heavy atom. The van der Waals surface area contributed by atoms with Crippen molar-refractivity contribution < 1.29 is 4.39 Å². The van der Waals surface area contributed by atoms with Gasteiger partial charge in [0.2, 0.25) is 0 Å². The number of halogens is 1. The van der Waals surface area contributed by atoms with Gasteiger partial charge in [0, 0.05) is 12.1 Å². The summed E-state index contributed by atoms with van der Waals surface area (Å²) in [4.78, 5) is 0. The molecule has 1 aliphatic carbocycles. The summed E-state index contributed by atoms with van der Waals surface area (Å²) in [5.74, 6) is 1.50. The van der Waals surface area contributed by atoms with Crippen LogP contribution in [-0.2, 0) is 6.42 Å². The minimum absolute atomic E-state index is 0.134. The topological polar surface area (TPSA) is 12.0 Å². The first kappa shape index (κ1) is 14.5. The molecule has 106 valence electrons. The SMILES string of the molecule is CCC1CCC(NC(C)Cc2cccc(F)c2)C1C. The zero-order valence-electron chi connectivity index (χ0n) is 12.3. The van der Waals surface area contributed by atoms with Crippen molar-refractivity contribution in [3.05, 3.63) is 35.6 Å². The molecule has 19 heavy (non-hydrogen) atoms. The molecular formula is C17H26FN. The summed E-state index contributed by atoms with van der Waals surface area (Å²) < 4.78 is 13.2. The largest absolute Gasteiger partial charge is 0.311 e. The van der Waals surface area contributed by atoms with Gasteiger partial charge in [0.25, 0.3) is 0 Å². The van der Waals surface area contributed by atoms with E-state index in [2.05, 4.69) is 26.1 Å². The lowest BCUT2D eigenvalue weighted by atomic mass is 9.93. The first-order valence-electron chi connectivity index (χ1n) is 7.60. The molecule has 0 heterocycles. The Kier molecular flexibility index (Phi) is 4.98. The third-order valence-electron chi connectivity index (χ3n) is 4.68. The normalized spacial score (nSPS) is 28.5. The van der Waals surface area contributed by atoms with Crippen molar-refractivity contribution >= 4 is 0 Å². The monoisotopic (exact) mass is 263 g/mol. The van der Waals surface area contributed by atoms with E-state index in [-0.39, 0.29) is 5.82 Å². The highest BCUT2D eigenvalue weighted by molar-refractivity contribution is 5.17. The Morgan fingerprint density at radius 3 is 2.79 bits per heavy atom. The maximum absolute atomic E-state index is 13.2. The van der Waals surface area contributed by atoms with Gasteiger partial charge in [-0.15, -0.1) is 0 Å². The van der Waals surface area contributed by atoms with Crippen molar-refractivity contribution in [2.45, 2.75) is 58.5 Å². The lowest BCUT2D eigenvalue weighted by Gasteiger charge is -2.25. The third-order valence-corrected chi connectivity index (χ3v) is 4.68. The highest BCUT2D eigenvalue weighted by Gasteiger charge is 2.31. The zero-order valence-corrected chi connectivity index (χ0v) is 12.3. The number of nitrogens with one attached hydrogen (secondary N) is 1. The Balaban J connectivity index is 1.86. The first-order chi connectivity index (χ1) is 9.10. The van der Waals surface area contributed by atoms with Gasteiger partial charge >= 0.3 is 0 Å². The molecule has 4 atom stereocenters. The molecule has 0 aliphatic heterocycles. The van der Waals surface area contributed by atoms with E-state index in [1.54, 1.807) is 12.1 Å². The predicted octanol–water partition coefficient (Wildman–Crippen LogP) is 4.17. The predicted molar refractivity (Wildman–Crippen MR) is 78.7 cm³/mol. The van der Waals surface area contributed by atoms with E-state index >= 15 is 0 Å². The molecule has 4 unspecified atom stereocenters. The van der Waals surface area contributed by atoms with E-state index in [1.165, 1.54) is 25.3 Å². The number of hydrogen-bond donors (Lipinski definition) is 1. The summed E-state index contributed by atoms with van der Waals surface area (Å²) in [6.45, 7) is 6.87. The van der Waals surface area contributed by atoms with Crippen molar-refractivity contribution in [1.82, 2.24) is 5.32 Å². The Hall–Kier alpha value is -0.890. The second-order valence-electron chi connectivity index (χ2n) is 6.11. The Bertz CT molecular complexity index is 404. The molecular weight excluding hydrogens is 237 g/mol. The van der Waals surface area contributed by atoms with Crippen molar-refractivity contribution in [1.29, 1.82) is 0 Å². The fourth-order valence-corrected chi connectivity index (χ4v) is 3.50. The van der Waals surface area contributed by atoms with Crippen molar-refractivity contribution in [2.24, 2.45) is 11.8 Å². The van der Waals surface area contributed by atoms with E-state index < -0.39 is 0 Å². The smallest absolute Gasteiger partial charge is 0.123 e. The molecule has 1 aliphatic rings. The highest BCUT2D eigenvalue weighted by Crippen LogP contribution is 2.34. The second kappa shape index (κ2) is 6.51. The molecule has 0 bridgehead atoms. The average Bonchev–Trinajstić information content (AvgIpc) is 2.70. The van der Waals surface area contributed by atoms with Gasteiger partial charge in [0.1, 0.15) is 5.82 Å². The van der Waals surface area contributed by atoms with Crippen LogP contribution in [0.2, 0.25) is 0 Å². The molecule has 0 amide bonds. The molecule has 1 saturated carbocycles. The molecule has 0 radical (unpaired) electrons. The van der Waals surface area contributed by atoms with E-state index in [1.807, 2.05) is 6.07 Å². The molecule has 1 N–H and O–H groups in total. The summed E-state index contributed by atoms with van der Waals surface area (Å²) in [6.07, 6.45) is 4.82. The molecule has 1 aromatic rings. The van der Waals surface area contributed by atoms with Gasteiger partial charge in [-0.25, -0.2) is 4.39 Å². The van der Waals surface area contributed by atoms with Crippen LogP contribution in [0, 0.1) is 17.7 Å². The van der Waals surface area contributed by atoms with Crippen LogP contribution in [0.4, 0.5) is 4.39 Å². The number of hydrogen-bond acceptors (Lipinski definition) is 1. The van der Waals surface area contributed by atoms with Crippen molar-refractivity contribution in [3.8, 4) is 0 Å². The fourth-order valence-electron chi connectivity index (χ4n) is 3.50. The summed E-state index contributed by atoms with van der Waals surface area (Å²) >= 11 is 0. The quantitative estimate of drug-likeness (QED) is 0.840. The van der Waals surface area contributed by atoms with Crippen molar-refractivity contribution in [2.75, 3.05) is 0 Å². The molecule has 1 fully saturated rings. The van der Waals surface area contributed by atoms with Gasteiger partial charge < -0.3 is 5.32 Å². The number of rotatable bonds is 5. The molecule has 0 spiro atoms. The van der Waals surface area contributed by atoms with Gasteiger partial charge in [-0.2, -0.15) is 0 Å². The van der Waals surface area contributed by atoms with Gasteiger partial charge in [0.15, 0.2) is 0 Å². The lowest BCUT2D eigenvalue weighted by Crippen LogP contribution is -2.40. The van der Waals surface area contributed by atoms with E-state index in [4.69, 9.17) is 0 Å². The van der Waals surface area contributed by atoms with Crippen LogP contribution < -0.4 is 5.32 Å². The van der Waals surface area contributed by atoms with Gasteiger partial charge in [-0.3, -0.25) is 0 Å². The van der Waals surface area contributed by atoms with E-state index in [0.717, 1.165) is 23.8 Å². The minimum atomic E-state index is -0.134. The molecule has 2 rings (SSSR count). The van der Waals surface area contributed by atoms with Crippen LogP contribution in [0.15, 0.2) is 24.3 Å². The molecule has 0 saturated heterocycles. The van der Waals surface area contributed by atoms with Crippen LogP contribution in [0.25, 0.3) is 0 Å². The maximum atomic E-state index is 13.2. The van der Waals surface area contributed by atoms with E-state index in [0.29, 0.717) is 12.1 Å². The van der Waals surface area contributed by atoms with E-state index in [9.17, 15) is 4.39 Å². The van der Waals surface area contributed by atoms with Gasteiger partial charge in [-0.1, -0.05) is 32.4 Å². The van der Waals surface area contributed by atoms with Crippen LogP contribution >= 0.6 is 0 Å². The highest BCUT2D eigenvalue weighted by atomic mass is 19.1. The molecule has 1 nitrogen and oxygen atoms in total. The second-order valence-corrected chi connectivity index (χ2v) is 6.11. The molecule has 2 heteroatoms. The summed E-state index contributed by atoms with van der Waals surface area (Å²) in [6, 6.07) is 7.99.